The molecule has 0 heteroatoms. The van der Waals surface area contributed by atoms with E-state index < -0.39 is 0 Å². The van der Waals surface area contributed by atoms with Crippen LogP contribution in [0.3, 0.4) is 0 Å². The normalized spacial score (nSPS) is 10.0. The Bertz CT molecular complexity index is 33.3. The third-order valence-corrected chi connectivity index (χ3v) is 1.32. The molecule has 9 heavy (non-hydrogen) atoms. The van der Waals surface area contributed by atoms with Crippen LogP contribution in [0.15, 0.2) is 0 Å². The molecule has 0 saturated heterocycles. The van der Waals surface area contributed by atoms with Gasteiger partial charge in [0.15, 0.2) is 0 Å². The van der Waals surface area contributed by atoms with Crippen molar-refractivity contribution in [1.82, 2.24) is 0 Å². The SMILES string of the molecule is CCC[CH]C[CH]CCC. The molecular weight excluding hydrogens is 108 g/mol. The minimum atomic E-state index is 1.21. The van der Waals surface area contributed by atoms with Crippen molar-refractivity contribution in [1.29, 1.82) is 0 Å². The minimum absolute atomic E-state index is 1.21. The molecule has 0 aliphatic rings. The summed E-state index contributed by atoms with van der Waals surface area (Å²) in [6.45, 7) is 4.44. The van der Waals surface area contributed by atoms with E-state index in [0.717, 1.165) is 0 Å². The summed E-state index contributed by atoms with van der Waals surface area (Å²) in [4.78, 5) is 0. The van der Waals surface area contributed by atoms with Gasteiger partial charge in [0.1, 0.15) is 0 Å². The first-order valence-corrected chi connectivity index (χ1v) is 4.05. The van der Waals surface area contributed by atoms with Gasteiger partial charge in [-0.3, -0.25) is 0 Å². The lowest BCUT2D eigenvalue weighted by molar-refractivity contribution is 0.807. The molecule has 0 nitrogen and oxygen atoms in total. The first-order chi connectivity index (χ1) is 4.41. The standard InChI is InChI=1S/C9H18/c1-3-5-7-9-8-6-4-2/h7-8H,3-6,9H2,1-2H3. The van der Waals surface area contributed by atoms with Crippen molar-refractivity contribution < 1.29 is 0 Å². The Hall–Kier alpha value is 0. The quantitative estimate of drug-likeness (QED) is 0.478. The van der Waals surface area contributed by atoms with Crippen LogP contribution in [0, 0.1) is 12.8 Å². The Kier molecular flexibility index (Phi) is 8.00. The van der Waals surface area contributed by atoms with E-state index in [1.807, 2.05) is 0 Å². The zero-order valence-electron chi connectivity index (χ0n) is 6.69. The highest BCUT2D eigenvalue weighted by Crippen LogP contribution is 2.03. The van der Waals surface area contributed by atoms with Crippen molar-refractivity contribution in [2.45, 2.75) is 46.0 Å². The zero-order valence-corrected chi connectivity index (χ0v) is 6.69. The lowest BCUT2D eigenvalue weighted by Gasteiger charge is -1.95. The lowest BCUT2D eigenvalue weighted by Crippen LogP contribution is -1.78. The molecule has 0 aromatic heterocycles. The fourth-order valence-electron chi connectivity index (χ4n) is 0.762. The van der Waals surface area contributed by atoms with Gasteiger partial charge in [-0.1, -0.05) is 39.5 Å². The van der Waals surface area contributed by atoms with Gasteiger partial charge in [-0.05, 0) is 19.3 Å². The number of rotatable bonds is 6. The molecule has 0 saturated carbocycles. The molecule has 0 rings (SSSR count). The molecular formula is C9H18. The summed E-state index contributed by atoms with van der Waals surface area (Å²) in [7, 11) is 0. The van der Waals surface area contributed by atoms with Crippen molar-refractivity contribution in [3.05, 3.63) is 12.8 Å². The molecule has 0 N–H and O–H groups in total. The Morgan fingerprint density at radius 1 is 0.889 bits per heavy atom. The van der Waals surface area contributed by atoms with Gasteiger partial charge in [-0.15, -0.1) is 0 Å². The lowest BCUT2D eigenvalue weighted by atomic mass is 10.1. The van der Waals surface area contributed by atoms with Crippen molar-refractivity contribution >= 4 is 0 Å². The molecule has 0 spiro atoms. The molecule has 0 aromatic rings. The van der Waals surface area contributed by atoms with Crippen LogP contribution in [0.5, 0.6) is 0 Å². The van der Waals surface area contributed by atoms with E-state index in [2.05, 4.69) is 26.7 Å². The van der Waals surface area contributed by atoms with Gasteiger partial charge in [-0.25, -0.2) is 0 Å². The summed E-state index contributed by atoms with van der Waals surface area (Å²) in [6.07, 6.45) is 11.1. The van der Waals surface area contributed by atoms with Gasteiger partial charge in [0.25, 0.3) is 0 Å². The molecule has 54 valence electrons. The number of hydrogen-bond donors (Lipinski definition) is 0. The molecule has 0 bridgehead atoms. The molecule has 0 amide bonds. The average Bonchev–Trinajstić information content (AvgIpc) is 1.89. The fourth-order valence-corrected chi connectivity index (χ4v) is 0.762. The topological polar surface area (TPSA) is 0 Å². The predicted octanol–water partition coefficient (Wildman–Crippen LogP) is 3.39. The summed E-state index contributed by atoms with van der Waals surface area (Å²) < 4.78 is 0. The summed E-state index contributed by atoms with van der Waals surface area (Å²) in [6, 6.07) is 0. The van der Waals surface area contributed by atoms with E-state index >= 15 is 0 Å². The highest BCUT2D eigenvalue weighted by molar-refractivity contribution is 4.74. The zero-order chi connectivity index (χ0) is 6.95. The Morgan fingerprint density at radius 3 is 1.67 bits per heavy atom. The Labute approximate surface area is 59.7 Å². The van der Waals surface area contributed by atoms with E-state index in [0.29, 0.717) is 0 Å². The molecule has 0 aliphatic carbocycles. The molecule has 0 aromatic carbocycles. The minimum Gasteiger partial charge on any atom is -0.0654 e. The maximum Gasteiger partial charge on any atom is -0.0383 e. The van der Waals surface area contributed by atoms with E-state index in [1.54, 1.807) is 0 Å². The maximum atomic E-state index is 2.36. The number of hydrogen-bond acceptors (Lipinski definition) is 0. The third kappa shape index (κ3) is 8.00. The smallest absolute Gasteiger partial charge is 0.0383 e. The summed E-state index contributed by atoms with van der Waals surface area (Å²) in [5, 5.41) is 0. The van der Waals surface area contributed by atoms with E-state index in [-0.39, 0.29) is 0 Å². The fraction of sp³-hybridized carbons (Fsp3) is 0.778. The average molecular weight is 126 g/mol. The van der Waals surface area contributed by atoms with Crippen LogP contribution < -0.4 is 0 Å². The Balaban J connectivity index is 2.60. The van der Waals surface area contributed by atoms with Gasteiger partial charge in [0.05, 0.1) is 0 Å². The van der Waals surface area contributed by atoms with Crippen LogP contribution >= 0.6 is 0 Å². The first kappa shape index (κ1) is 9.00. The van der Waals surface area contributed by atoms with Crippen molar-refractivity contribution in [3.8, 4) is 0 Å². The number of unbranched alkanes of at least 4 members (excludes halogenated alkanes) is 6. The molecule has 0 aliphatic heterocycles. The van der Waals surface area contributed by atoms with Gasteiger partial charge >= 0.3 is 0 Å². The van der Waals surface area contributed by atoms with Gasteiger partial charge in [0, 0.05) is 0 Å². The summed E-state index contributed by atoms with van der Waals surface area (Å²) in [5.74, 6) is 0. The predicted molar refractivity (Wildman–Crippen MR) is 43.0 cm³/mol. The second-order valence-electron chi connectivity index (χ2n) is 2.39. The third-order valence-electron chi connectivity index (χ3n) is 1.32. The van der Waals surface area contributed by atoms with E-state index in [9.17, 15) is 0 Å². The van der Waals surface area contributed by atoms with Gasteiger partial charge in [-0.2, -0.15) is 0 Å². The molecule has 0 atom stereocenters. The molecule has 0 unspecified atom stereocenters. The van der Waals surface area contributed by atoms with Crippen molar-refractivity contribution in [3.63, 3.8) is 0 Å². The second kappa shape index (κ2) is 8.00. The molecule has 0 fully saturated rings. The summed E-state index contributed by atoms with van der Waals surface area (Å²) in [5.41, 5.74) is 0. The van der Waals surface area contributed by atoms with Gasteiger partial charge < -0.3 is 0 Å². The maximum absolute atomic E-state index is 2.36. The molecule has 2 radical (unpaired) electrons. The van der Waals surface area contributed by atoms with Crippen LogP contribution in [0.1, 0.15) is 46.0 Å². The largest absolute Gasteiger partial charge is 0.0654 e. The second-order valence-corrected chi connectivity index (χ2v) is 2.39. The van der Waals surface area contributed by atoms with Crippen LogP contribution in [0.4, 0.5) is 0 Å². The van der Waals surface area contributed by atoms with Crippen LogP contribution in [0.25, 0.3) is 0 Å². The highest BCUT2D eigenvalue weighted by atomic mass is 13.9. The van der Waals surface area contributed by atoms with Crippen LogP contribution in [0.2, 0.25) is 0 Å². The van der Waals surface area contributed by atoms with Gasteiger partial charge in [0.2, 0.25) is 0 Å². The molecule has 0 heterocycles. The van der Waals surface area contributed by atoms with E-state index in [4.69, 9.17) is 0 Å². The Morgan fingerprint density at radius 2 is 1.33 bits per heavy atom. The highest BCUT2D eigenvalue weighted by Gasteiger charge is 1.86. The van der Waals surface area contributed by atoms with Crippen LogP contribution in [-0.2, 0) is 0 Å². The first-order valence-electron chi connectivity index (χ1n) is 4.05. The van der Waals surface area contributed by atoms with Crippen LogP contribution in [-0.4, -0.2) is 0 Å². The van der Waals surface area contributed by atoms with E-state index in [1.165, 1.54) is 32.1 Å². The van der Waals surface area contributed by atoms with Crippen molar-refractivity contribution in [2.75, 3.05) is 0 Å². The summed E-state index contributed by atoms with van der Waals surface area (Å²) >= 11 is 0. The monoisotopic (exact) mass is 126 g/mol. The van der Waals surface area contributed by atoms with Crippen molar-refractivity contribution in [2.24, 2.45) is 0 Å².